The first kappa shape index (κ1) is 29.3. The molecule has 1 aromatic heterocycles. The van der Waals surface area contributed by atoms with Crippen molar-refractivity contribution in [2.24, 2.45) is 11.1 Å². The number of aromatic hydroxyl groups is 1. The van der Waals surface area contributed by atoms with E-state index in [0.717, 1.165) is 0 Å². The normalized spacial score (nSPS) is 22.9. The van der Waals surface area contributed by atoms with Crippen LogP contribution in [0.15, 0.2) is 26.5 Å². The predicted molar refractivity (Wildman–Crippen MR) is 139 cm³/mol. The van der Waals surface area contributed by atoms with Crippen molar-refractivity contribution in [1.29, 1.82) is 0 Å². The number of benzene rings is 1. The van der Waals surface area contributed by atoms with Crippen LogP contribution in [0.1, 0.15) is 38.3 Å². The Labute approximate surface area is 224 Å². The smallest absolute Gasteiger partial charge is 0.431 e. The van der Waals surface area contributed by atoms with Crippen molar-refractivity contribution in [3.8, 4) is 36.2 Å². The molecule has 2 aromatic rings. The van der Waals surface area contributed by atoms with E-state index in [1.807, 2.05) is 12.4 Å². The van der Waals surface area contributed by atoms with Gasteiger partial charge >= 0.3 is 11.7 Å². The first-order valence-corrected chi connectivity index (χ1v) is 12.1. The van der Waals surface area contributed by atoms with Gasteiger partial charge in [-0.15, -0.1) is 12.8 Å². The number of oxime groups is 1. The van der Waals surface area contributed by atoms with Gasteiger partial charge in [-0.2, -0.15) is 5.48 Å². The minimum atomic E-state index is -1.39. The molecule has 0 radical (unpaired) electrons. The van der Waals surface area contributed by atoms with Gasteiger partial charge in [0.15, 0.2) is 12.7 Å². The maximum Gasteiger partial charge on any atom is 0.431 e. The first-order valence-electron chi connectivity index (χ1n) is 12.1. The molecule has 4 unspecified atom stereocenters. The number of aryl methyl sites for hydroxylation is 1. The lowest BCUT2D eigenvalue weighted by atomic mass is 9.89. The summed E-state index contributed by atoms with van der Waals surface area (Å²) in [5, 5.41) is 25.8. The number of nitrogens with one attached hydrogen (secondary N) is 1. The third-order valence-corrected chi connectivity index (χ3v) is 6.19. The molecule has 0 saturated carbocycles. The highest BCUT2D eigenvalue weighted by Crippen LogP contribution is 2.36. The van der Waals surface area contributed by atoms with Crippen molar-refractivity contribution in [2.45, 2.75) is 58.7 Å². The molecular weight excluding hydrogens is 512 g/mol. The van der Waals surface area contributed by atoms with Gasteiger partial charge in [-0.3, -0.25) is 4.84 Å². The third kappa shape index (κ3) is 6.44. The van der Waals surface area contributed by atoms with Crippen LogP contribution in [0.4, 0.5) is 4.79 Å². The molecule has 0 bridgehead atoms. The second-order valence-corrected chi connectivity index (χ2v) is 8.72. The summed E-state index contributed by atoms with van der Waals surface area (Å²) in [5.74, 6) is 3.89. The Morgan fingerprint density at radius 1 is 1.26 bits per heavy atom. The molecule has 208 valence electrons. The molecule has 5 atom stereocenters. The molecule has 1 aliphatic heterocycles. The Kier molecular flexibility index (Phi) is 9.79. The largest absolute Gasteiger partial charge is 0.506 e. The molecule has 1 amide bonds. The standard InChI is InChI=1S/C27H30N2O10/c1-7-12-34-28-16(6)20-21(30)17-10-11-19(15(5)23(17)38-25(20)32)37-26-22(31)24(14(4)18(9-3)36-26)39-27(33)29-35-13-8-2/h1-2,10-11,14,18,22,24,26,30-31H,9,12-13H2,3-6H3,(H,29,33)/b28-16+/t14?,18-,22?,24?,26?/m0/s1. The minimum Gasteiger partial charge on any atom is -0.506 e. The van der Waals surface area contributed by atoms with Gasteiger partial charge in [0.25, 0.3) is 0 Å². The summed E-state index contributed by atoms with van der Waals surface area (Å²) in [6.45, 7) is 6.45. The van der Waals surface area contributed by atoms with E-state index in [2.05, 4.69) is 17.0 Å². The number of hydroxylamine groups is 1. The van der Waals surface area contributed by atoms with Crippen LogP contribution in [-0.2, 0) is 19.1 Å². The lowest BCUT2D eigenvalue weighted by molar-refractivity contribution is -0.255. The van der Waals surface area contributed by atoms with E-state index in [1.165, 1.54) is 19.1 Å². The van der Waals surface area contributed by atoms with E-state index >= 15 is 0 Å². The van der Waals surface area contributed by atoms with Crippen LogP contribution < -0.4 is 15.8 Å². The summed E-state index contributed by atoms with van der Waals surface area (Å²) < 4.78 is 22.8. The van der Waals surface area contributed by atoms with Crippen LogP contribution in [0.5, 0.6) is 11.5 Å². The zero-order valence-electron chi connectivity index (χ0n) is 21.9. The van der Waals surface area contributed by atoms with E-state index in [0.29, 0.717) is 12.0 Å². The second kappa shape index (κ2) is 13.0. The molecule has 2 heterocycles. The van der Waals surface area contributed by atoms with Gasteiger partial charge in [0.1, 0.15) is 35.4 Å². The van der Waals surface area contributed by atoms with Crippen LogP contribution >= 0.6 is 0 Å². The number of aliphatic hydroxyl groups is 1. The quantitative estimate of drug-likeness (QED) is 0.141. The maximum absolute atomic E-state index is 12.7. The highest BCUT2D eigenvalue weighted by Gasteiger charge is 2.46. The lowest BCUT2D eigenvalue weighted by Crippen LogP contribution is -2.57. The maximum atomic E-state index is 12.7. The minimum absolute atomic E-state index is 0.0552. The summed E-state index contributed by atoms with van der Waals surface area (Å²) in [4.78, 5) is 34.5. The van der Waals surface area contributed by atoms with Crippen LogP contribution in [0.3, 0.4) is 0 Å². The Morgan fingerprint density at radius 3 is 2.64 bits per heavy atom. The zero-order valence-corrected chi connectivity index (χ0v) is 21.9. The summed E-state index contributed by atoms with van der Waals surface area (Å²) in [6, 6.07) is 3.00. The third-order valence-electron chi connectivity index (χ3n) is 6.19. The summed E-state index contributed by atoms with van der Waals surface area (Å²) >= 11 is 0. The van der Waals surface area contributed by atoms with Gasteiger partial charge in [-0.1, -0.05) is 30.8 Å². The van der Waals surface area contributed by atoms with Crippen LogP contribution in [0.2, 0.25) is 0 Å². The number of hydrogen-bond acceptors (Lipinski definition) is 11. The SMILES string of the molecule is C#CCO/N=C(\C)c1c(O)c2ccc(OC3O[C@@H](CC)C(C)C(OC(=O)NOCC#C)C3O)c(C)c2oc1=O. The Balaban J connectivity index is 1.90. The fourth-order valence-electron chi connectivity index (χ4n) is 4.23. The number of ether oxygens (including phenoxy) is 3. The number of amides is 1. The molecule has 0 spiro atoms. The second-order valence-electron chi connectivity index (χ2n) is 8.72. The molecule has 3 rings (SSSR count). The van der Waals surface area contributed by atoms with Gasteiger partial charge in [0.05, 0.1) is 17.2 Å². The number of carbonyl (C=O) groups is 1. The van der Waals surface area contributed by atoms with E-state index < -0.39 is 36.3 Å². The fourth-order valence-corrected chi connectivity index (χ4v) is 4.23. The van der Waals surface area contributed by atoms with Crippen LogP contribution in [0.25, 0.3) is 11.0 Å². The van der Waals surface area contributed by atoms with Crippen molar-refractivity contribution in [1.82, 2.24) is 5.48 Å². The van der Waals surface area contributed by atoms with Gasteiger partial charge in [-0.25, -0.2) is 9.59 Å². The highest BCUT2D eigenvalue weighted by molar-refractivity contribution is 6.04. The molecule has 1 aliphatic rings. The summed E-state index contributed by atoms with van der Waals surface area (Å²) in [6.07, 6.45) is 5.75. The number of aliphatic hydroxyl groups excluding tert-OH is 1. The Hall–Kier alpha value is -4.23. The number of carbonyl (C=O) groups excluding carboxylic acids is 1. The molecule has 0 aliphatic carbocycles. The van der Waals surface area contributed by atoms with E-state index in [9.17, 15) is 19.8 Å². The molecule has 1 fully saturated rings. The molecule has 39 heavy (non-hydrogen) atoms. The summed E-state index contributed by atoms with van der Waals surface area (Å²) in [5.41, 5.74) is 1.50. The molecular formula is C27H30N2O10. The Bertz CT molecular complexity index is 1370. The zero-order chi connectivity index (χ0) is 28.7. The molecule has 1 saturated heterocycles. The number of terminal acetylenes is 2. The van der Waals surface area contributed by atoms with Crippen molar-refractivity contribution < 1.29 is 43.3 Å². The highest BCUT2D eigenvalue weighted by atomic mass is 16.7. The Morgan fingerprint density at radius 2 is 1.97 bits per heavy atom. The van der Waals surface area contributed by atoms with E-state index in [-0.39, 0.29) is 52.9 Å². The molecule has 12 heteroatoms. The van der Waals surface area contributed by atoms with Gasteiger partial charge in [-0.05, 0) is 32.4 Å². The van der Waals surface area contributed by atoms with Gasteiger partial charge in [0, 0.05) is 11.5 Å². The molecule has 3 N–H and O–H groups in total. The van der Waals surface area contributed by atoms with Gasteiger partial charge in [0.2, 0.25) is 6.29 Å². The van der Waals surface area contributed by atoms with Crippen molar-refractivity contribution in [2.75, 3.05) is 13.2 Å². The van der Waals surface area contributed by atoms with Crippen LogP contribution in [-0.4, -0.2) is 59.8 Å². The average molecular weight is 543 g/mol. The van der Waals surface area contributed by atoms with Crippen LogP contribution in [0, 0.1) is 37.5 Å². The topological polar surface area (TPSA) is 158 Å². The number of rotatable bonds is 9. The van der Waals surface area contributed by atoms with Crippen molar-refractivity contribution >= 4 is 22.8 Å². The monoisotopic (exact) mass is 542 g/mol. The summed E-state index contributed by atoms with van der Waals surface area (Å²) in [7, 11) is 0. The van der Waals surface area contributed by atoms with Gasteiger partial charge < -0.3 is 33.7 Å². The molecule has 12 nitrogen and oxygen atoms in total. The number of nitrogens with zero attached hydrogens (tertiary/aromatic N) is 1. The van der Waals surface area contributed by atoms with Crippen molar-refractivity contribution in [3.05, 3.63) is 33.7 Å². The van der Waals surface area contributed by atoms with Crippen molar-refractivity contribution in [3.63, 3.8) is 0 Å². The molecule has 1 aromatic carbocycles. The average Bonchev–Trinajstić information content (AvgIpc) is 2.90. The first-order chi connectivity index (χ1) is 18.6. The lowest BCUT2D eigenvalue weighted by Gasteiger charge is -2.42. The number of hydrogen-bond donors (Lipinski definition) is 3. The number of fused-ring (bicyclic) bond motifs is 1. The fraction of sp³-hybridized carbons (Fsp3) is 0.444. The van der Waals surface area contributed by atoms with E-state index in [4.69, 9.17) is 41.1 Å². The van der Waals surface area contributed by atoms with E-state index in [1.54, 1.807) is 13.8 Å². The predicted octanol–water partition coefficient (Wildman–Crippen LogP) is 2.35.